The predicted molar refractivity (Wildman–Crippen MR) is 198 cm³/mol. The molecule has 0 unspecified atom stereocenters. The zero-order valence-corrected chi connectivity index (χ0v) is 32.1. The molecule has 1 N–H and O–H groups in total. The van der Waals surface area contributed by atoms with E-state index in [2.05, 4.69) is 100 Å². The molecule has 47 heavy (non-hydrogen) atoms. The van der Waals surface area contributed by atoms with Crippen molar-refractivity contribution >= 4 is 38.1 Å². The molecule has 4 heteroatoms. The molecule has 251 valence electrons. The van der Waals surface area contributed by atoms with Gasteiger partial charge >= 0.3 is 0 Å². The molecule has 1 heterocycles. The number of rotatable bonds is 10. The first-order chi connectivity index (χ1) is 22.0. The van der Waals surface area contributed by atoms with E-state index in [1.54, 1.807) is 0 Å². The summed E-state index contributed by atoms with van der Waals surface area (Å²) in [7, 11) is 0. The second kappa shape index (κ2) is 16.7. The van der Waals surface area contributed by atoms with Crippen LogP contribution in [0.4, 0.5) is 0 Å². The van der Waals surface area contributed by atoms with Gasteiger partial charge in [-0.1, -0.05) is 111 Å². The van der Waals surface area contributed by atoms with Crippen molar-refractivity contribution in [3.05, 3.63) is 102 Å². The Morgan fingerprint density at radius 2 is 1.40 bits per heavy atom. The summed E-state index contributed by atoms with van der Waals surface area (Å²) in [6.45, 7) is 19.0. The summed E-state index contributed by atoms with van der Waals surface area (Å²) in [5.41, 5.74) is 4.39. The van der Waals surface area contributed by atoms with Gasteiger partial charge in [-0.15, -0.1) is 34.9 Å². The van der Waals surface area contributed by atoms with E-state index in [-0.39, 0.29) is 43.0 Å². The maximum atomic E-state index is 12.0. The van der Waals surface area contributed by atoms with Gasteiger partial charge in [-0.05, 0) is 81.6 Å². The fourth-order valence-corrected chi connectivity index (χ4v) is 6.09. The molecule has 0 aliphatic rings. The average Bonchev–Trinajstić information content (AvgIpc) is 3.07. The summed E-state index contributed by atoms with van der Waals surface area (Å²) in [4.78, 5) is 16.9. The van der Waals surface area contributed by atoms with E-state index in [9.17, 15) is 9.90 Å². The minimum absolute atomic E-state index is 0. The molecule has 1 radical (unpaired) electrons. The second-order valence-corrected chi connectivity index (χ2v) is 13.5. The van der Waals surface area contributed by atoms with E-state index in [0.717, 1.165) is 36.9 Å². The average molecular weight is 807 g/mol. The molecule has 5 rings (SSSR count). The van der Waals surface area contributed by atoms with Crippen LogP contribution in [0.3, 0.4) is 0 Å². The molecule has 3 nitrogen and oxygen atoms in total. The van der Waals surface area contributed by atoms with Crippen molar-refractivity contribution in [2.45, 2.75) is 99.8 Å². The quantitative estimate of drug-likeness (QED) is 0.0662. The van der Waals surface area contributed by atoms with Crippen LogP contribution < -0.4 is 0 Å². The van der Waals surface area contributed by atoms with Crippen LogP contribution in [0.2, 0.25) is 0 Å². The largest absolute Gasteiger partial charge is 0.512 e. The number of benzene rings is 4. The molecular weight excluding hydrogens is 755 g/mol. The Morgan fingerprint density at radius 3 is 2.02 bits per heavy atom. The maximum absolute atomic E-state index is 12.0. The fourth-order valence-electron chi connectivity index (χ4n) is 6.09. The molecule has 0 saturated carbocycles. The number of allylic oxidation sites excluding steroid dienone is 2. The summed E-state index contributed by atoms with van der Waals surface area (Å²) in [6.07, 6.45) is 6.77. The summed E-state index contributed by atoms with van der Waals surface area (Å²) in [6, 6.07) is 27.9. The van der Waals surface area contributed by atoms with Crippen molar-refractivity contribution in [1.29, 1.82) is 0 Å². The first kappa shape index (κ1) is 38.1. The third kappa shape index (κ3) is 8.40. The van der Waals surface area contributed by atoms with Gasteiger partial charge in [0.2, 0.25) is 0 Å². The van der Waals surface area contributed by atoms with Gasteiger partial charge in [-0.3, -0.25) is 4.79 Å². The third-order valence-corrected chi connectivity index (χ3v) is 9.96. The van der Waals surface area contributed by atoms with Crippen molar-refractivity contribution < 1.29 is 30.0 Å². The fraction of sp³-hybridized carbons (Fsp3) is 0.395. The number of aliphatic hydroxyl groups excluding tert-OH is 1. The Hall–Kier alpha value is -3.33. The van der Waals surface area contributed by atoms with Gasteiger partial charge < -0.3 is 10.1 Å². The van der Waals surface area contributed by atoms with Crippen LogP contribution in [0.15, 0.2) is 84.8 Å². The zero-order chi connectivity index (χ0) is 33.6. The standard InChI is InChI=1S/C29H26N.C14H26O2.Ir/c1-18(2)21-15-22(19(3)4)17-23(16-21)29-28-12-11-25-24-8-6-5-7-20(24)9-10-26(25)27(28)13-14-30-29;1-6-11(7-2)12(15)10-13(16)14(5,8-3)9-4;/h5-16,18-19H,1-4H3;10-11,15H,6-9H2,1-5H3;/q-1;;/b;12-10-;. The number of carbonyl (C=O) groups is 1. The van der Waals surface area contributed by atoms with Crippen LogP contribution in [0.1, 0.15) is 111 Å². The smallest absolute Gasteiger partial charge is 0.164 e. The summed E-state index contributed by atoms with van der Waals surface area (Å²) >= 11 is 0. The van der Waals surface area contributed by atoms with E-state index in [0.29, 0.717) is 11.8 Å². The monoisotopic (exact) mass is 807 g/mol. The van der Waals surface area contributed by atoms with Gasteiger partial charge in [0, 0.05) is 43.7 Å². The molecule has 4 aromatic carbocycles. The summed E-state index contributed by atoms with van der Waals surface area (Å²) in [5, 5.41) is 17.5. The van der Waals surface area contributed by atoms with E-state index in [1.807, 2.05) is 40.8 Å². The number of hydrogen-bond acceptors (Lipinski definition) is 3. The Kier molecular flexibility index (Phi) is 13.5. The molecule has 0 atom stereocenters. The van der Waals surface area contributed by atoms with Gasteiger partial charge in [-0.25, -0.2) is 0 Å². The van der Waals surface area contributed by atoms with Crippen LogP contribution >= 0.6 is 0 Å². The number of hydrogen-bond donors (Lipinski definition) is 1. The van der Waals surface area contributed by atoms with Gasteiger partial charge in [0.1, 0.15) is 0 Å². The molecule has 0 fully saturated rings. The molecule has 0 amide bonds. The predicted octanol–water partition coefficient (Wildman–Crippen LogP) is 12.5. The first-order valence-electron chi connectivity index (χ1n) is 17.2. The summed E-state index contributed by atoms with van der Waals surface area (Å²) in [5.74, 6) is 1.34. The number of pyridine rings is 1. The number of aliphatic hydroxyl groups is 1. The molecule has 0 aliphatic carbocycles. The van der Waals surface area contributed by atoms with Crippen molar-refractivity contribution in [2.24, 2.45) is 11.3 Å². The number of carbonyl (C=O) groups excluding carboxylic acids is 1. The van der Waals surface area contributed by atoms with Crippen molar-refractivity contribution in [3.63, 3.8) is 0 Å². The Morgan fingerprint density at radius 1 is 0.809 bits per heavy atom. The first-order valence-corrected chi connectivity index (χ1v) is 17.2. The molecule has 1 aromatic heterocycles. The minimum atomic E-state index is -0.319. The maximum Gasteiger partial charge on any atom is 0.164 e. The van der Waals surface area contributed by atoms with Gasteiger partial charge in [0.05, 0.1) is 5.76 Å². The Balaban J connectivity index is 0.000000304. The zero-order valence-electron chi connectivity index (χ0n) is 29.7. The number of ketones is 1. The van der Waals surface area contributed by atoms with Gasteiger partial charge in [0.25, 0.3) is 0 Å². The van der Waals surface area contributed by atoms with Gasteiger partial charge in [0.15, 0.2) is 5.78 Å². The molecule has 0 spiro atoms. The SMILES string of the molecule is CC(C)c1[c-]c(-c2nccc3c2ccc2c4ccccc4ccc32)cc(C(C)C)c1.CCC(CC)/C(O)=C/C(=O)C(C)(CC)CC.[Ir]. The normalized spacial score (nSPS) is 12.1. The Labute approximate surface area is 296 Å². The van der Waals surface area contributed by atoms with E-state index in [4.69, 9.17) is 4.98 Å². The van der Waals surface area contributed by atoms with Crippen molar-refractivity contribution in [2.75, 3.05) is 0 Å². The van der Waals surface area contributed by atoms with E-state index >= 15 is 0 Å². The second-order valence-electron chi connectivity index (χ2n) is 13.5. The molecule has 0 saturated heterocycles. The molecule has 5 aromatic rings. The minimum Gasteiger partial charge on any atom is -0.512 e. The Bertz CT molecular complexity index is 1820. The van der Waals surface area contributed by atoms with Crippen molar-refractivity contribution in [3.8, 4) is 11.3 Å². The van der Waals surface area contributed by atoms with Crippen LogP contribution in [0.25, 0.3) is 43.6 Å². The van der Waals surface area contributed by atoms with Crippen LogP contribution in [0, 0.1) is 17.4 Å². The van der Waals surface area contributed by atoms with Gasteiger partial charge in [-0.2, -0.15) is 0 Å². The molecule has 0 bridgehead atoms. The van der Waals surface area contributed by atoms with Crippen molar-refractivity contribution in [1.82, 2.24) is 4.98 Å². The number of aromatic nitrogens is 1. The molecule has 0 aliphatic heterocycles. The van der Waals surface area contributed by atoms with Crippen LogP contribution in [0.5, 0.6) is 0 Å². The summed E-state index contributed by atoms with van der Waals surface area (Å²) < 4.78 is 0. The number of fused-ring (bicyclic) bond motifs is 5. The topological polar surface area (TPSA) is 50.2 Å². The number of nitrogens with zero attached hydrogens (tertiary/aromatic N) is 1. The van der Waals surface area contributed by atoms with E-state index < -0.39 is 0 Å². The third-order valence-electron chi connectivity index (χ3n) is 9.96. The van der Waals surface area contributed by atoms with Crippen LogP contribution in [-0.2, 0) is 24.9 Å². The van der Waals surface area contributed by atoms with Crippen LogP contribution in [-0.4, -0.2) is 15.9 Å². The molecular formula is C43H52IrNO2-. The van der Waals surface area contributed by atoms with E-state index in [1.165, 1.54) is 49.5 Å².